The van der Waals surface area contributed by atoms with Crippen LogP contribution in [0.3, 0.4) is 0 Å². The van der Waals surface area contributed by atoms with E-state index >= 15 is 0 Å². The minimum Gasteiger partial charge on any atom is -0.317 e. The summed E-state index contributed by atoms with van der Waals surface area (Å²) < 4.78 is 0. The predicted octanol–water partition coefficient (Wildman–Crippen LogP) is 1.91. The largest absolute Gasteiger partial charge is 0.317 e. The average molecular weight is 181 g/mol. The molecule has 1 aliphatic heterocycles. The van der Waals surface area contributed by atoms with Gasteiger partial charge < -0.3 is 5.32 Å². The van der Waals surface area contributed by atoms with Crippen molar-refractivity contribution in [3.05, 3.63) is 12.7 Å². The van der Waals surface area contributed by atoms with Gasteiger partial charge in [0, 0.05) is 12.3 Å². The van der Waals surface area contributed by atoms with E-state index in [-0.39, 0.29) is 0 Å². The topological polar surface area (TPSA) is 29.1 Å². The zero-order chi connectivity index (χ0) is 9.52. The lowest BCUT2D eigenvalue weighted by atomic mass is 9.93. The quantitative estimate of drug-likeness (QED) is 0.671. The number of nitrogens with one attached hydrogen (secondary N) is 1. The number of hydrogen-bond acceptors (Lipinski definition) is 2. The first-order valence-corrected chi connectivity index (χ1v) is 5.19. The van der Waals surface area contributed by atoms with Crippen molar-refractivity contribution in [2.24, 2.45) is 5.92 Å². The van der Waals surface area contributed by atoms with Gasteiger partial charge in [-0.1, -0.05) is 6.08 Å². The maximum absolute atomic E-state index is 11.6. The third-order valence-corrected chi connectivity index (χ3v) is 2.63. The Labute approximate surface area is 80.4 Å². The van der Waals surface area contributed by atoms with Crippen LogP contribution in [-0.4, -0.2) is 18.9 Å². The van der Waals surface area contributed by atoms with E-state index in [0.717, 1.165) is 38.8 Å². The van der Waals surface area contributed by atoms with Gasteiger partial charge in [0.2, 0.25) is 0 Å². The molecule has 1 aliphatic rings. The summed E-state index contributed by atoms with van der Waals surface area (Å²) in [6.07, 6.45) is 6.59. The van der Waals surface area contributed by atoms with E-state index in [0.29, 0.717) is 18.1 Å². The predicted molar refractivity (Wildman–Crippen MR) is 54.6 cm³/mol. The summed E-state index contributed by atoms with van der Waals surface area (Å²) >= 11 is 0. The molecule has 0 radical (unpaired) electrons. The standard InChI is InChI=1S/C11H19NO/c1-2-3-6-11(13)10-5-4-8-12-9-7-10/h2,10,12H,1,3-9H2. The highest BCUT2D eigenvalue weighted by Crippen LogP contribution is 2.16. The molecule has 0 spiro atoms. The third kappa shape index (κ3) is 3.73. The molecule has 1 N–H and O–H groups in total. The SMILES string of the molecule is C=CCCC(=O)C1CCCNCC1. The lowest BCUT2D eigenvalue weighted by Gasteiger charge is -2.10. The molecular weight excluding hydrogens is 162 g/mol. The van der Waals surface area contributed by atoms with Gasteiger partial charge in [0.1, 0.15) is 5.78 Å². The molecule has 0 amide bonds. The summed E-state index contributed by atoms with van der Waals surface area (Å²) in [4.78, 5) is 11.6. The number of Topliss-reactive ketones (excluding diaryl/α,β-unsaturated/α-hetero) is 1. The molecule has 0 aromatic rings. The molecule has 0 aromatic heterocycles. The molecule has 1 fully saturated rings. The monoisotopic (exact) mass is 181 g/mol. The zero-order valence-corrected chi connectivity index (χ0v) is 8.22. The van der Waals surface area contributed by atoms with Crippen molar-refractivity contribution in [2.45, 2.75) is 32.1 Å². The van der Waals surface area contributed by atoms with Gasteiger partial charge in [-0.15, -0.1) is 6.58 Å². The molecule has 13 heavy (non-hydrogen) atoms. The highest BCUT2D eigenvalue weighted by atomic mass is 16.1. The number of carbonyl (C=O) groups is 1. The van der Waals surface area contributed by atoms with Crippen LogP contribution < -0.4 is 5.32 Å². The fourth-order valence-electron chi connectivity index (χ4n) is 1.79. The number of ketones is 1. The van der Waals surface area contributed by atoms with Crippen molar-refractivity contribution in [3.63, 3.8) is 0 Å². The lowest BCUT2D eigenvalue weighted by Crippen LogP contribution is -2.17. The summed E-state index contributed by atoms with van der Waals surface area (Å²) in [6, 6.07) is 0. The van der Waals surface area contributed by atoms with Crippen LogP contribution in [0.2, 0.25) is 0 Å². The van der Waals surface area contributed by atoms with Crippen molar-refractivity contribution < 1.29 is 4.79 Å². The Kier molecular flexibility index (Phi) is 4.76. The normalized spacial score (nSPS) is 23.5. The summed E-state index contributed by atoms with van der Waals surface area (Å²) in [6.45, 7) is 5.71. The van der Waals surface area contributed by atoms with Gasteiger partial charge in [0.25, 0.3) is 0 Å². The molecule has 1 heterocycles. The van der Waals surface area contributed by atoms with Crippen molar-refractivity contribution in [3.8, 4) is 0 Å². The highest BCUT2D eigenvalue weighted by Gasteiger charge is 2.18. The number of allylic oxidation sites excluding steroid dienone is 1. The Hall–Kier alpha value is -0.630. The van der Waals surface area contributed by atoms with Gasteiger partial charge in [-0.3, -0.25) is 4.79 Å². The molecule has 1 unspecified atom stereocenters. The van der Waals surface area contributed by atoms with E-state index < -0.39 is 0 Å². The van der Waals surface area contributed by atoms with Gasteiger partial charge >= 0.3 is 0 Å². The molecule has 74 valence electrons. The van der Waals surface area contributed by atoms with Crippen LogP contribution in [0.1, 0.15) is 32.1 Å². The third-order valence-electron chi connectivity index (χ3n) is 2.63. The molecule has 0 saturated carbocycles. The van der Waals surface area contributed by atoms with E-state index in [1.54, 1.807) is 0 Å². The maximum Gasteiger partial charge on any atom is 0.136 e. The van der Waals surface area contributed by atoms with Crippen LogP contribution in [0.4, 0.5) is 0 Å². The van der Waals surface area contributed by atoms with E-state index in [1.165, 1.54) is 0 Å². The second-order valence-electron chi connectivity index (χ2n) is 3.67. The second-order valence-corrected chi connectivity index (χ2v) is 3.67. The summed E-state index contributed by atoms with van der Waals surface area (Å²) in [5, 5.41) is 3.32. The van der Waals surface area contributed by atoms with E-state index in [2.05, 4.69) is 11.9 Å². The van der Waals surface area contributed by atoms with Crippen LogP contribution in [0.15, 0.2) is 12.7 Å². The van der Waals surface area contributed by atoms with Gasteiger partial charge in [-0.2, -0.15) is 0 Å². The molecule has 1 atom stereocenters. The second kappa shape index (κ2) is 5.92. The summed E-state index contributed by atoms with van der Waals surface area (Å²) in [5.74, 6) is 0.749. The van der Waals surface area contributed by atoms with Crippen molar-refractivity contribution in [1.29, 1.82) is 0 Å². The lowest BCUT2D eigenvalue weighted by molar-refractivity contribution is -0.123. The first-order valence-electron chi connectivity index (χ1n) is 5.19. The molecule has 0 aromatic carbocycles. The molecule has 2 nitrogen and oxygen atoms in total. The smallest absolute Gasteiger partial charge is 0.136 e. The molecule has 0 bridgehead atoms. The molecule has 1 rings (SSSR count). The Morgan fingerprint density at radius 3 is 3.08 bits per heavy atom. The minimum atomic E-state index is 0.315. The Balaban J connectivity index is 2.30. The van der Waals surface area contributed by atoms with Gasteiger partial charge in [-0.05, 0) is 38.8 Å². The van der Waals surface area contributed by atoms with Gasteiger partial charge in [0.05, 0.1) is 0 Å². The highest BCUT2D eigenvalue weighted by molar-refractivity contribution is 5.81. The Bertz CT molecular complexity index is 169. The number of hydrogen-bond donors (Lipinski definition) is 1. The first kappa shape index (κ1) is 10.5. The van der Waals surface area contributed by atoms with Gasteiger partial charge in [-0.25, -0.2) is 0 Å². The number of carbonyl (C=O) groups excluding carboxylic acids is 1. The van der Waals surface area contributed by atoms with Crippen molar-refractivity contribution in [1.82, 2.24) is 5.32 Å². The van der Waals surface area contributed by atoms with Crippen LogP contribution in [0, 0.1) is 5.92 Å². The fourth-order valence-corrected chi connectivity index (χ4v) is 1.79. The molecule has 2 heteroatoms. The molecule has 0 aliphatic carbocycles. The van der Waals surface area contributed by atoms with Crippen LogP contribution in [0.25, 0.3) is 0 Å². The minimum absolute atomic E-state index is 0.315. The van der Waals surface area contributed by atoms with Crippen LogP contribution in [0.5, 0.6) is 0 Å². The fraction of sp³-hybridized carbons (Fsp3) is 0.727. The van der Waals surface area contributed by atoms with E-state index in [4.69, 9.17) is 0 Å². The molecular formula is C11H19NO. The maximum atomic E-state index is 11.6. The van der Waals surface area contributed by atoms with Crippen LogP contribution >= 0.6 is 0 Å². The number of rotatable bonds is 4. The summed E-state index contributed by atoms with van der Waals surface area (Å²) in [5.41, 5.74) is 0. The average Bonchev–Trinajstić information content (AvgIpc) is 2.42. The van der Waals surface area contributed by atoms with Crippen LogP contribution in [-0.2, 0) is 4.79 Å². The van der Waals surface area contributed by atoms with Crippen molar-refractivity contribution in [2.75, 3.05) is 13.1 Å². The zero-order valence-electron chi connectivity index (χ0n) is 8.22. The Morgan fingerprint density at radius 1 is 1.46 bits per heavy atom. The van der Waals surface area contributed by atoms with Gasteiger partial charge in [0.15, 0.2) is 0 Å². The van der Waals surface area contributed by atoms with E-state index in [9.17, 15) is 4.79 Å². The molecule has 1 saturated heterocycles. The Morgan fingerprint density at radius 2 is 2.31 bits per heavy atom. The first-order chi connectivity index (χ1) is 6.34. The van der Waals surface area contributed by atoms with Crippen molar-refractivity contribution >= 4 is 5.78 Å². The summed E-state index contributed by atoms with van der Waals surface area (Å²) in [7, 11) is 0. The van der Waals surface area contributed by atoms with E-state index in [1.807, 2.05) is 6.08 Å².